The molecule has 2 amide bonds. The summed E-state index contributed by atoms with van der Waals surface area (Å²) in [5, 5.41) is 6.40. The number of methoxy groups -OCH3 is 1. The number of carbonyl (C=O) groups excluding carboxylic acids is 2. The normalized spacial score (nSPS) is 10.5. The van der Waals surface area contributed by atoms with Crippen molar-refractivity contribution in [3.05, 3.63) is 52.9 Å². The Balaban J connectivity index is 1.87. The van der Waals surface area contributed by atoms with Crippen LogP contribution in [0, 0.1) is 6.92 Å². The summed E-state index contributed by atoms with van der Waals surface area (Å²) in [5.41, 5.74) is 2.32. The Morgan fingerprint density at radius 2 is 1.89 bits per heavy atom. The highest BCUT2D eigenvalue weighted by molar-refractivity contribution is 7.21. The zero-order valence-electron chi connectivity index (χ0n) is 15.3. The molecule has 0 aliphatic rings. The molecule has 0 aliphatic heterocycles. The molecule has 3 aromatic rings. The van der Waals surface area contributed by atoms with Gasteiger partial charge in [-0.15, -0.1) is 11.3 Å². The van der Waals surface area contributed by atoms with Gasteiger partial charge >= 0.3 is 12.0 Å². The molecule has 1 aromatic heterocycles. The van der Waals surface area contributed by atoms with Crippen molar-refractivity contribution in [2.24, 2.45) is 0 Å². The fourth-order valence-corrected chi connectivity index (χ4v) is 3.71. The lowest BCUT2D eigenvalue weighted by molar-refractivity contribution is 0.0602. The second-order valence-electron chi connectivity index (χ2n) is 5.79. The number of anilines is 2. The van der Waals surface area contributed by atoms with E-state index in [1.807, 2.05) is 44.2 Å². The highest BCUT2D eigenvalue weighted by Gasteiger charge is 2.21. The van der Waals surface area contributed by atoms with Crippen LogP contribution in [-0.4, -0.2) is 25.7 Å². The third-order valence-electron chi connectivity index (χ3n) is 3.95. The van der Waals surface area contributed by atoms with E-state index in [0.29, 0.717) is 22.9 Å². The van der Waals surface area contributed by atoms with Crippen LogP contribution < -0.4 is 15.4 Å². The average molecular weight is 384 g/mol. The SMILES string of the molecule is CCOc1c(C(=O)OC)sc2ccc(NC(=O)Nc3ccccc3C)cc12. The Morgan fingerprint density at radius 3 is 2.59 bits per heavy atom. The lowest BCUT2D eigenvalue weighted by Crippen LogP contribution is -2.19. The van der Waals surface area contributed by atoms with Crippen LogP contribution in [0.4, 0.5) is 16.2 Å². The molecule has 0 saturated heterocycles. The molecule has 140 valence electrons. The molecule has 0 radical (unpaired) electrons. The van der Waals surface area contributed by atoms with Crippen LogP contribution in [0.2, 0.25) is 0 Å². The van der Waals surface area contributed by atoms with Gasteiger partial charge in [0.05, 0.1) is 13.7 Å². The molecule has 1 heterocycles. The van der Waals surface area contributed by atoms with Crippen LogP contribution in [0.5, 0.6) is 5.75 Å². The van der Waals surface area contributed by atoms with Crippen LogP contribution >= 0.6 is 11.3 Å². The van der Waals surface area contributed by atoms with Gasteiger partial charge in [0, 0.05) is 21.5 Å². The maximum absolute atomic E-state index is 12.3. The first-order chi connectivity index (χ1) is 13.0. The van der Waals surface area contributed by atoms with Gasteiger partial charge in [-0.25, -0.2) is 9.59 Å². The van der Waals surface area contributed by atoms with Crippen LogP contribution in [0.1, 0.15) is 22.2 Å². The Hall–Kier alpha value is -3.06. The number of aryl methyl sites for hydroxylation is 1. The summed E-state index contributed by atoms with van der Waals surface area (Å²) in [6, 6.07) is 12.6. The number of fused-ring (bicyclic) bond motifs is 1. The molecule has 2 N–H and O–H groups in total. The number of urea groups is 1. The largest absolute Gasteiger partial charge is 0.491 e. The van der Waals surface area contributed by atoms with Crippen molar-refractivity contribution in [1.82, 2.24) is 0 Å². The van der Waals surface area contributed by atoms with Gasteiger partial charge in [-0.3, -0.25) is 0 Å². The van der Waals surface area contributed by atoms with E-state index in [9.17, 15) is 9.59 Å². The zero-order valence-corrected chi connectivity index (χ0v) is 16.1. The number of ether oxygens (including phenoxy) is 2. The molecular weight excluding hydrogens is 364 g/mol. The van der Waals surface area contributed by atoms with Crippen molar-refractivity contribution in [1.29, 1.82) is 0 Å². The Kier molecular flexibility index (Phi) is 5.61. The van der Waals surface area contributed by atoms with Crippen molar-refractivity contribution in [3.8, 4) is 5.75 Å². The smallest absolute Gasteiger partial charge is 0.351 e. The fourth-order valence-electron chi connectivity index (χ4n) is 2.67. The van der Waals surface area contributed by atoms with Gasteiger partial charge in [0.15, 0.2) is 10.6 Å². The van der Waals surface area contributed by atoms with E-state index in [1.165, 1.54) is 18.4 Å². The predicted octanol–water partition coefficient (Wildman–Crippen LogP) is 5.04. The summed E-state index contributed by atoms with van der Waals surface area (Å²) in [7, 11) is 1.34. The molecule has 0 unspecified atom stereocenters. The van der Waals surface area contributed by atoms with E-state index in [1.54, 1.807) is 12.1 Å². The van der Waals surface area contributed by atoms with Crippen LogP contribution in [-0.2, 0) is 4.74 Å². The molecule has 0 bridgehead atoms. The van der Waals surface area contributed by atoms with E-state index in [4.69, 9.17) is 9.47 Å². The van der Waals surface area contributed by atoms with Gasteiger partial charge in [0.1, 0.15) is 0 Å². The minimum Gasteiger partial charge on any atom is -0.491 e. The molecule has 0 aliphatic carbocycles. The van der Waals surface area contributed by atoms with E-state index in [0.717, 1.165) is 21.3 Å². The second-order valence-corrected chi connectivity index (χ2v) is 6.84. The Labute approximate surface area is 161 Å². The third-order valence-corrected chi connectivity index (χ3v) is 5.09. The van der Waals surface area contributed by atoms with E-state index in [-0.39, 0.29) is 6.03 Å². The van der Waals surface area contributed by atoms with E-state index in [2.05, 4.69) is 10.6 Å². The van der Waals surface area contributed by atoms with Gasteiger partial charge in [0.2, 0.25) is 0 Å². The number of hydrogen-bond acceptors (Lipinski definition) is 5. The molecule has 27 heavy (non-hydrogen) atoms. The number of nitrogens with one attached hydrogen (secondary N) is 2. The van der Waals surface area contributed by atoms with Crippen molar-refractivity contribution in [2.45, 2.75) is 13.8 Å². The Morgan fingerprint density at radius 1 is 1.11 bits per heavy atom. The molecule has 6 nitrogen and oxygen atoms in total. The standard InChI is InChI=1S/C20H20N2O4S/c1-4-26-17-14-11-13(9-10-16(14)27-18(17)19(23)25-3)21-20(24)22-15-8-6-5-7-12(15)2/h5-11H,4H2,1-3H3,(H2,21,22,24). The number of rotatable bonds is 5. The molecule has 7 heteroatoms. The fraction of sp³-hybridized carbons (Fsp3) is 0.200. The molecule has 0 fully saturated rings. The number of benzene rings is 2. The maximum Gasteiger partial charge on any atom is 0.351 e. The van der Waals surface area contributed by atoms with Gasteiger partial charge < -0.3 is 20.1 Å². The Bertz CT molecular complexity index is 997. The molecular formula is C20H20N2O4S. The number of para-hydroxylation sites is 1. The predicted molar refractivity (Wildman–Crippen MR) is 108 cm³/mol. The second kappa shape index (κ2) is 8.09. The van der Waals surface area contributed by atoms with Gasteiger partial charge in [-0.2, -0.15) is 0 Å². The molecule has 3 rings (SSSR count). The number of thiophene rings is 1. The lowest BCUT2D eigenvalue weighted by atomic mass is 10.2. The summed E-state index contributed by atoms with van der Waals surface area (Å²) in [6.07, 6.45) is 0. The minimum absolute atomic E-state index is 0.343. The molecule has 0 atom stereocenters. The zero-order chi connectivity index (χ0) is 19.4. The van der Waals surface area contributed by atoms with Gasteiger partial charge in [-0.05, 0) is 43.7 Å². The number of esters is 1. The van der Waals surface area contributed by atoms with Crippen LogP contribution in [0.15, 0.2) is 42.5 Å². The van der Waals surface area contributed by atoms with Gasteiger partial charge in [-0.1, -0.05) is 18.2 Å². The average Bonchev–Trinajstić information content (AvgIpc) is 3.01. The third kappa shape index (κ3) is 4.03. The quantitative estimate of drug-likeness (QED) is 0.604. The lowest BCUT2D eigenvalue weighted by Gasteiger charge is -2.10. The maximum atomic E-state index is 12.3. The topological polar surface area (TPSA) is 76.7 Å². The first-order valence-corrected chi connectivity index (χ1v) is 9.26. The monoisotopic (exact) mass is 384 g/mol. The highest BCUT2D eigenvalue weighted by Crippen LogP contribution is 2.39. The van der Waals surface area contributed by atoms with Crippen LogP contribution in [0.3, 0.4) is 0 Å². The molecule has 0 spiro atoms. The summed E-state index contributed by atoms with van der Waals surface area (Å²) in [4.78, 5) is 24.7. The van der Waals surface area contributed by atoms with Crippen molar-refractivity contribution >= 4 is 44.8 Å². The highest BCUT2D eigenvalue weighted by atomic mass is 32.1. The minimum atomic E-state index is -0.438. The summed E-state index contributed by atoms with van der Waals surface area (Å²) >= 11 is 1.30. The first kappa shape index (κ1) is 18.7. The number of hydrogen-bond donors (Lipinski definition) is 2. The van der Waals surface area contributed by atoms with Crippen molar-refractivity contribution in [3.63, 3.8) is 0 Å². The number of carbonyl (C=O) groups is 2. The summed E-state index contributed by atoms with van der Waals surface area (Å²) in [6.45, 7) is 4.19. The number of amides is 2. The summed E-state index contributed by atoms with van der Waals surface area (Å²) < 4.78 is 11.4. The van der Waals surface area contributed by atoms with Gasteiger partial charge in [0.25, 0.3) is 0 Å². The van der Waals surface area contributed by atoms with Crippen molar-refractivity contribution in [2.75, 3.05) is 24.4 Å². The molecule has 0 saturated carbocycles. The molecule has 2 aromatic carbocycles. The van der Waals surface area contributed by atoms with Crippen LogP contribution in [0.25, 0.3) is 10.1 Å². The first-order valence-electron chi connectivity index (χ1n) is 8.44. The van der Waals surface area contributed by atoms with Crippen molar-refractivity contribution < 1.29 is 19.1 Å². The van der Waals surface area contributed by atoms with E-state index >= 15 is 0 Å². The summed E-state index contributed by atoms with van der Waals surface area (Å²) in [5.74, 6) is 0.0405. The van der Waals surface area contributed by atoms with E-state index < -0.39 is 5.97 Å².